The highest BCUT2D eigenvalue weighted by Crippen LogP contribution is 2.19. The van der Waals surface area contributed by atoms with E-state index < -0.39 is 18.5 Å². The molecule has 1 aromatic rings. The molecule has 0 unspecified atom stereocenters. The maximum Gasteiger partial charge on any atom is 0.408 e. The minimum atomic E-state index is -4.35. The zero-order valence-corrected chi connectivity index (χ0v) is 8.01. The monoisotopic (exact) mass is 221 g/mol. The molecule has 0 aromatic carbocycles. The number of halogens is 3. The Bertz CT molecular complexity index is 370. The molecule has 0 saturated carbocycles. The summed E-state index contributed by atoms with van der Waals surface area (Å²) in [6.07, 6.45) is -3.24. The van der Waals surface area contributed by atoms with E-state index in [0.717, 1.165) is 10.9 Å². The van der Waals surface area contributed by atoms with Crippen LogP contribution in [0.4, 0.5) is 13.2 Å². The zero-order chi connectivity index (χ0) is 11.6. The summed E-state index contributed by atoms with van der Waals surface area (Å²) in [7, 11) is 0. The lowest BCUT2D eigenvalue weighted by molar-refractivity contribution is -0.142. The quantitative estimate of drug-likeness (QED) is 0.771. The van der Waals surface area contributed by atoms with Crippen molar-refractivity contribution in [1.29, 1.82) is 0 Å². The fourth-order valence-corrected chi connectivity index (χ4v) is 1.16. The highest BCUT2D eigenvalue weighted by Gasteiger charge is 2.29. The highest BCUT2D eigenvalue weighted by molar-refractivity contribution is 5.98. The number of ketones is 1. The number of carbonyl (C=O) groups excluding carboxylic acids is 1. The minimum absolute atomic E-state index is 0.141. The van der Waals surface area contributed by atoms with Crippen LogP contribution in [0.2, 0.25) is 0 Å². The summed E-state index contributed by atoms with van der Waals surface area (Å²) in [5.41, 5.74) is 5.42. The Balaban J connectivity index is 2.94. The number of alkyl halides is 3. The van der Waals surface area contributed by atoms with Crippen LogP contribution in [0.15, 0.2) is 6.20 Å². The number of nitrogens with two attached hydrogens (primary N) is 1. The van der Waals surface area contributed by atoms with E-state index in [1.54, 1.807) is 0 Å². The first-order valence-corrected chi connectivity index (χ1v) is 4.17. The fraction of sp³-hybridized carbons (Fsp3) is 0.500. The Labute approximate surface area is 83.9 Å². The van der Waals surface area contributed by atoms with Crippen molar-refractivity contribution in [3.8, 4) is 0 Å². The summed E-state index contributed by atoms with van der Waals surface area (Å²) in [6, 6.07) is 0. The molecule has 0 aliphatic rings. The summed E-state index contributed by atoms with van der Waals surface area (Å²) < 4.78 is 36.9. The van der Waals surface area contributed by atoms with Gasteiger partial charge in [0.05, 0.1) is 18.3 Å². The molecule has 0 aliphatic heterocycles. The van der Waals surface area contributed by atoms with Crippen molar-refractivity contribution in [3.05, 3.63) is 17.5 Å². The molecule has 0 radical (unpaired) electrons. The van der Waals surface area contributed by atoms with Crippen LogP contribution < -0.4 is 5.73 Å². The van der Waals surface area contributed by atoms with Crippen molar-refractivity contribution in [2.24, 2.45) is 5.73 Å². The van der Waals surface area contributed by atoms with Gasteiger partial charge < -0.3 is 5.73 Å². The van der Waals surface area contributed by atoms with E-state index in [2.05, 4.69) is 5.10 Å². The molecule has 0 aliphatic carbocycles. The molecule has 1 rings (SSSR count). The second-order valence-electron chi connectivity index (χ2n) is 3.04. The first kappa shape index (κ1) is 11.7. The van der Waals surface area contributed by atoms with Gasteiger partial charge in [0.1, 0.15) is 6.54 Å². The van der Waals surface area contributed by atoms with Crippen LogP contribution in [0.5, 0.6) is 0 Å². The third-order valence-corrected chi connectivity index (χ3v) is 1.92. The van der Waals surface area contributed by atoms with E-state index in [-0.39, 0.29) is 17.8 Å². The van der Waals surface area contributed by atoms with Gasteiger partial charge in [-0.15, -0.1) is 0 Å². The molecule has 84 valence electrons. The lowest BCUT2D eigenvalue weighted by Gasteiger charge is -2.08. The third kappa shape index (κ3) is 2.79. The average Bonchev–Trinajstić information content (AvgIpc) is 2.45. The Morgan fingerprint density at radius 2 is 2.20 bits per heavy atom. The molecule has 0 bridgehead atoms. The maximum absolute atomic E-state index is 12.0. The molecule has 2 N–H and O–H groups in total. The Hall–Kier alpha value is -1.37. The van der Waals surface area contributed by atoms with E-state index in [9.17, 15) is 18.0 Å². The van der Waals surface area contributed by atoms with Crippen molar-refractivity contribution in [2.75, 3.05) is 6.54 Å². The molecule has 1 aromatic heterocycles. The van der Waals surface area contributed by atoms with E-state index in [4.69, 9.17) is 5.73 Å². The molecule has 0 fully saturated rings. The van der Waals surface area contributed by atoms with Crippen LogP contribution in [-0.2, 0) is 6.54 Å². The van der Waals surface area contributed by atoms with Crippen molar-refractivity contribution in [1.82, 2.24) is 9.78 Å². The molecule has 1 heterocycles. The Morgan fingerprint density at radius 3 is 2.67 bits per heavy atom. The second kappa shape index (κ2) is 4.01. The van der Waals surface area contributed by atoms with Gasteiger partial charge in [-0.3, -0.25) is 9.48 Å². The summed E-state index contributed by atoms with van der Waals surface area (Å²) in [6.45, 7) is -0.0309. The Kier molecular flexibility index (Phi) is 3.13. The van der Waals surface area contributed by atoms with Gasteiger partial charge in [0.25, 0.3) is 0 Å². The van der Waals surface area contributed by atoms with E-state index in [0.29, 0.717) is 0 Å². The number of aromatic nitrogens is 2. The predicted octanol–water partition coefficient (Wildman–Crippen LogP) is 0.895. The molecular formula is C8H10F3N3O. The normalized spacial score (nSPS) is 11.8. The smallest absolute Gasteiger partial charge is 0.324 e. The van der Waals surface area contributed by atoms with Crippen molar-refractivity contribution in [2.45, 2.75) is 19.6 Å². The lowest BCUT2D eigenvalue weighted by atomic mass is 10.2. The summed E-state index contributed by atoms with van der Waals surface area (Å²) in [5.74, 6) is -0.416. The van der Waals surface area contributed by atoms with Crippen LogP contribution in [0.3, 0.4) is 0 Å². The van der Waals surface area contributed by atoms with E-state index in [1.165, 1.54) is 6.92 Å². The summed E-state index contributed by atoms with van der Waals surface area (Å²) in [4.78, 5) is 11.2. The molecule has 15 heavy (non-hydrogen) atoms. The number of Topliss-reactive ketones (excluding diaryl/α,β-unsaturated/α-hetero) is 1. The topological polar surface area (TPSA) is 60.9 Å². The number of rotatable bonds is 3. The SMILES string of the molecule is Cc1c(C(=O)CN)cnn1CC(F)(F)F. The van der Waals surface area contributed by atoms with Crippen LogP contribution in [-0.4, -0.2) is 28.3 Å². The first-order valence-electron chi connectivity index (χ1n) is 4.17. The van der Waals surface area contributed by atoms with Crippen molar-refractivity contribution in [3.63, 3.8) is 0 Å². The van der Waals surface area contributed by atoms with Gasteiger partial charge in [-0.05, 0) is 6.92 Å². The number of carbonyl (C=O) groups is 1. The molecule has 0 amide bonds. The molecule has 4 nitrogen and oxygen atoms in total. The lowest BCUT2D eigenvalue weighted by Crippen LogP contribution is -2.20. The van der Waals surface area contributed by atoms with Gasteiger partial charge in [0.2, 0.25) is 0 Å². The molecule has 0 atom stereocenters. The highest BCUT2D eigenvalue weighted by atomic mass is 19.4. The van der Waals surface area contributed by atoms with Crippen LogP contribution >= 0.6 is 0 Å². The van der Waals surface area contributed by atoms with E-state index in [1.807, 2.05) is 0 Å². The van der Waals surface area contributed by atoms with Crippen LogP contribution in [0.25, 0.3) is 0 Å². The number of hydrogen-bond donors (Lipinski definition) is 1. The first-order chi connectivity index (χ1) is 6.85. The third-order valence-electron chi connectivity index (χ3n) is 1.92. The van der Waals surface area contributed by atoms with Gasteiger partial charge in [-0.2, -0.15) is 18.3 Å². The van der Waals surface area contributed by atoms with Gasteiger partial charge >= 0.3 is 6.18 Å². The van der Waals surface area contributed by atoms with Gasteiger partial charge in [0, 0.05) is 5.69 Å². The number of hydrogen-bond acceptors (Lipinski definition) is 3. The zero-order valence-electron chi connectivity index (χ0n) is 8.01. The Morgan fingerprint density at radius 1 is 1.60 bits per heavy atom. The van der Waals surface area contributed by atoms with Crippen LogP contribution in [0.1, 0.15) is 16.1 Å². The molecule has 0 spiro atoms. The van der Waals surface area contributed by atoms with Crippen LogP contribution in [0, 0.1) is 6.92 Å². The maximum atomic E-state index is 12.0. The fourth-order valence-electron chi connectivity index (χ4n) is 1.16. The number of nitrogens with zero attached hydrogens (tertiary/aromatic N) is 2. The predicted molar refractivity (Wildman–Crippen MR) is 46.4 cm³/mol. The molecule has 0 saturated heterocycles. The van der Waals surface area contributed by atoms with Gasteiger partial charge in [-0.25, -0.2) is 0 Å². The second-order valence-corrected chi connectivity index (χ2v) is 3.04. The molecule has 7 heteroatoms. The largest absolute Gasteiger partial charge is 0.408 e. The molecular weight excluding hydrogens is 211 g/mol. The standard InChI is InChI=1S/C8H10F3N3O/c1-5-6(7(15)2-12)3-13-14(5)4-8(9,10)11/h3H,2,4,12H2,1H3. The van der Waals surface area contributed by atoms with Crippen molar-refractivity contribution < 1.29 is 18.0 Å². The van der Waals surface area contributed by atoms with Crippen molar-refractivity contribution >= 4 is 5.78 Å². The minimum Gasteiger partial charge on any atom is -0.324 e. The van der Waals surface area contributed by atoms with Gasteiger partial charge in [-0.1, -0.05) is 0 Å². The summed E-state index contributed by atoms with van der Waals surface area (Å²) >= 11 is 0. The van der Waals surface area contributed by atoms with E-state index >= 15 is 0 Å². The average molecular weight is 221 g/mol. The summed E-state index contributed by atoms with van der Waals surface area (Å²) in [5, 5.41) is 3.49. The van der Waals surface area contributed by atoms with Gasteiger partial charge in [0.15, 0.2) is 5.78 Å².